The molecule has 0 saturated carbocycles. The first-order valence-electron chi connectivity index (χ1n) is 4.78. The Morgan fingerprint density at radius 2 is 2.36 bits per heavy atom. The lowest BCUT2D eigenvalue weighted by molar-refractivity contribution is 0.589. The molecule has 0 amide bonds. The first-order chi connectivity index (χ1) is 6.65. The molecule has 0 aliphatic heterocycles. The SMILES string of the molecule is CC#CCNC(C)c1cc(C)n(C)n1. The second kappa shape index (κ2) is 4.83. The molecule has 1 unspecified atom stereocenters. The second-order valence-corrected chi connectivity index (χ2v) is 3.36. The standard InChI is InChI=1S/C11H17N3/c1-5-6-7-12-10(3)11-8-9(2)14(4)13-11/h8,10,12H,7H2,1-4H3. The van der Waals surface area contributed by atoms with E-state index in [1.165, 1.54) is 5.69 Å². The van der Waals surface area contributed by atoms with Gasteiger partial charge in [0, 0.05) is 18.8 Å². The summed E-state index contributed by atoms with van der Waals surface area (Å²) in [5.74, 6) is 5.83. The molecule has 0 saturated heterocycles. The molecule has 1 rings (SSSR count). The number of nitrogens with zero attached hydrogens (tertiary/aromatic N) is 2. The Labute approximate surface area is 85.5 Å². The molecule has 0 spiro atoms. The molecule has 0 bridgehead atoms. The summed E-state index contributed by atoms with van der Waals surface area (Å²) in [5.41, 5.74) is 2.25. The molecule has 1 heterocycles. The van der Waals surface area contributed by atoms with Crippen molar-refractivity contribution < 1.29 is 0 Å². The zero-order valence-corrected chi connectivity index (χ0v) is 9.26. The van der Waals surface area contributed by atoms with E-state index in [-0.39, 0.29) is 6.04 Å². The van der Waals surface area contributed by atoms with Crippen LogP contribution in [-0.2, 0) is 7.05 Å². The van der Waals surface area contributed by atoms with Crippen LogP contribution >= 0.6 is 0 Å². The highest BCUT2D eigenvalue weighted by molar-refractivity contribution is 5.12. The van der Waals surface area contributed by atoms with Gasteiger partial charge in [-0.2, -0.15) is 5.10 Å². The minimum Gasteiger partial charge on any atom is -0.298 e. The fourth-order valence-corrected chi connectivity index (χ4v) is 1.20. The minimum absolute atomic E-state index is 0.260. The predicted molar refractivity (Wildman–Crippen MR) is 57.8 cm³/mol. The van der Waals surface area contributed by atoms with Crippen molar-refractivity contribution in [3.63, 3.8) is 0 Å². The number of nitrogens with one attached hydrogen (secondary N) is 1. The predicted octanol–water partition coefficient (Wildman–Crippen LogP) is 1.40. The third kappa shape index (κ3) is 2.61. The van der Waals surface area contributed by atoms with E-state index < -0.39 is 0 Å². The maximum absolute atomic E-state index is 4.39. The lowest BCUT2D eigenvalue weighted by Crippen LogP contribution is -2.19. The van der Waals surface area contributed by atoms with Crippen molar-refractivity contribution in [1.82, 2.24) is 15.1 Å². The highest BCUT2D eigenvalue weighted by Gasteiger charge is 2.08. The third-order valence-electron chi connectivity index (χ3n) is 2.25. The van der Waals surface area contributed by atoms with Crippen molar-refractivity contribution in [2.75, 3.05) is 6.54 Å². The molecule has 0 fully saturated rings. The molecule has 76 valence electrons. The van der Waals surface area contributed by atoms with Crippen molar-refractivity contribution >= 4 is 0 Å². The van der Waals surface area contributed by atoms with Crippen LogP contribution in [0.5, 0.6) is 0 Å². The van der Waals surface area contributed by atoms with Crippen molar-refractivity contribution in [1.29, 1.82) is 0 Å². The van der Waals surface area contributed by atoms with Gasteiger partial charge in [0.05, 0.1) is 12.2 Å². The van der Waals surface area contributed by atoms with Gasteiger partial charge in [0.15, 0.2) is 0 Å². The summed E-state index contributed by atoms with van der Waals surface area (Å²) in [7, 11) is 1.96. The Balaban J connectivity index is 2.58. The van der Waals surface area contributed by atoms with Gasteiger partial charge >= 0.3 is 0 Å². The van der Waals surface area contributed by atoms with Gasteiger partial charge in [-0.05, 0) is 26.8 Å². The van der Waals surface area contributed by atoms with Crippen molar-refractivity contribution in [2.45, 2.75) is 26.8 Å². The molecule has 3 heteroatoms. The fraction of sp³-hybridized carbons (Fsp3) is 0.545. The summed E-state index contributed by atoms with van der Waals surface area (Å²) in [6.45, 7) is 6.71. The Morgan fingerprint density at radius 1 is 1.64 bits per heavy atom. The monoisotopic (exact) mass is 191 g/mol. The summed E-state index contributed by atoms with van der Waals surface area (Å²) in [6.07, 6.45) is 0. The largest absolute Gasteiger partial charge is 0.298 e. The van der Waals surface area contributed by atoms with Crippen LogP contribution in [0.1, 0.15) is 31.3 Å². The summed E-state index contributed by atoms with van der Waals surface area (Å²) >= 11 is 0. The maximum atomic E-state index is 4.39. The molecule has 3 nitrogen and oxygen atoms in total. The molecule has 0 radical (unpaired) electrons. The first-order valence-corrected chi connectivity index (χ1v) is 4.78. The summed E-state index contributed by atoms with van der Waals surface area (Å²) in [6, 6.07) is 2.35. The van der Waals surface area contributed by atoms with Crippen LogP contribution in [0.15, 0.2) is 6.07 Å². The van der Waals surface area contributed by atoms with Crippen molar-refractivity contribution in [3.8, 4) is 11.8 Å². The zero-order valence-electron chi connectivity index (χ0n) is 9.26. The van der Waals surface area contributed by atoms with E-state index in [9.17, 15) is 0 Å². The molecule has 14 heavy (non-hydrogen) atoms. The number of hydrogen-bond acceptors (Lipinski definition) is 2. The number of aromatic nitrogens is 2. The van der Waals surface area contributed by atoms with Crippen LogP contribution in [0.3, 0.4) is 0 Å². The zero-order chi connectivity index (χ0) is 10.6. The Kier molecular flexibility index (Phi) is 3.73. The van der Waals surface area contributed by atoms with E-state index in [0.717, 1.165) is 5.69 Å². The van der Waals surface area contributed by atoms with E-state index in [1.807, 2.05) is 18.7 Å². The van der Waals surface area contributed by atoms with E-state index in [4.69, 9.17) is 0 Å². The summed E-state index contributed by atoms with van der Waals surface area (Å²) in [5, 5.41) is 7.69. The normalized spacial score (nSPS) is 12.0. The van der Waals surface area contributed by atoms with Crippen LogP contribution in [0, 0.1) is 18.8 Å². The summed E-state index contributed by atoms with van der Waals surface area (Å²) in [4.78, 5) is 0. The molecule has 1 N–H and O–H groups in total. The maximum Gasteiger partial charge on any atom is 0.0794 e. The quantitative estimate of drug-likeness (QED) is 0.732. The van der Waals surface area contributed by atoms with E-state index in [2.05, 4.69) is 42.2 Å². The minimum atomic E-state index is 0.260. The summed E-state index contributed by atoms with van der Waals surface area (Å²) < 4.78 is 1.89. The van der Waals surface area contributed by atoms with Crippen LogP contribution in [-0.4, -0.2) is 16.3 Å². The van der Waals surface area contributed by atoms with Crippen LogP contribution in [0.4, 0.5) is 0 Å². The Bertz CT molecular complexity index is 335. The van der Waals surface area contributed by atoms with Crippen LogP contribution < -0.4 is 5.32 Å². The number of rotatable bonds is 3. The van der Waals surface area contributed by atoms with E-state index in [0.29, 0.717) is 6.54 Å². The van der Waals surface area contributed by atoms with Gasteiger partial charge in [0.2, 0.25) is 0 Å². The van der Waals surface area contributed by atoms with E-state index >= 15 is 0 Å². The highest BCUT2D eigenvalue weighted by Crippen LogP contribution is 2.10. The van der Waals surface area contributed by atoms with Gasteiger partial charge in [-0.15, -0.1) is 5.92 Å². The Hall–Kier alpha value is -1.27. The lowest BCUT2D eigenvalue weighted by atomic mass is 10.2. The van der Waals surface area contributed by atoms with Gasteiger partial charge in [-0.3, -0.25) is 10.00 Å². The average Bonchev–Trinajstić information content (AvgIpc) is 2.47. The van der Waals surface area contributed by atoms with Gasteiger partial charge in [0.25, 0.3) is 0 Å². The topological polar surface area (TPSA) is 29.9 Å². The first kappa shape index (κ1) is 10.8. The molecule has 1 aromatic heterocycles. The molecule has 0 aliphatic rings. The number of hydrogen-bond donors (Lipinski definition) is 1. The molecular formula is C11H17N3. The fourth-order valence-electron chi connectivity index (χ4n) is 1.20. The van der Waals surface area contributed by atoms with Crippen LogP contribution in [0.25, 0.3) is 0 Å². The van der Waals surface area contributed by atoms with E-state index in [1.54, 1.807) is 0 Å². The van der Waals surface area contributed by atoms with Gasteiger partial charge in [-0.25, -0.2) is 0 Å². The number of aryl methyl sites for hydroxylation is 2. The second-order valence-electron chi connectivity index (χ2n) is 3.36. The molecule has 0 aliphatic carbocycles. The third-order valence-corrected chi connectivity index (χ3v) is 2.25. The molecular weight excluding hydrogens is 174 g/mol. The van der Waals surface area contributed by atoms with Crippen molar-refractivity contribution in [3.05, 3.63) is 17.5 Å². The van der Waals surface area contributed by atoms with Gasteiger partial charge < -0.3 is 0 Å². The van der Waals surface area contributed by atoms with Gasteiger partial charge in [-0.1, -0.05) is 5.92 Å². The van der Waals surface area contributed by atoms with Crippen LogP contribution in [0.2, 0.25) is 0 Å². The average molecular weight is 191 g/mol. The smallest absolute Gasteiger partial charge is 0.0794 e. The molecule has 0 aromatic carbocycles. The Morgan fingerprint density at radius 3 is 2.86 bits per heavy atom. The lowest BCUT2D eigenvalue weighted by Gasteiger charge is -2.07. The van der Waals surface area contributed by atoms with Gasteiger partial charge in [0.1, 0.15) is 0 Å². The highest BCUT2D eigenvalue weighted by atomic mass is 15.3. The van der Waals surface area contributed by atoms with Crippen molar-refractivity contribution in [2.24, 2.45) is 7.05 Å². The molecule has 1 aromatic rings. The molecule has 1 atom stereocenters.